The summed E-state index contributed by atoms with van der Waals surface area (Å²) in [6.45, 7) is 7.25. The minimum atomic E-state index is 0.522. The average Bonchev–Trinajstić information content (AvgIpc) is 3.13. The SMILES string of the molecule is CNC(CCC1CC1)C1CCC(C(C)(C)C)CC1. The molecule has 1 unspecified atom stereocenters. The second-order valence-electron chi connectivity index (χ2n) is 7.89. The van der Waals surface area contributed by atoms with Crippen LogP contribution in [-0.2, 0) is 0 Å². The van der Waals surface area contributed by atoms with Crippen LogP contribution in [0.1, 0.15) is 72.1 Å². The van der Waals surface area contributed by atoms with Crippen molar-refractivity contribution in [3.8, 4) is 0 Å². The van der Waals surface area contributed by atoms with E-state index >= 15 is 0 Å². The summed E-state index contributed by atoms with van der Waals surface area (Å²) in [5.41, 5.74) is 0.522. The van der Waals surface area contributed by atoms with Crippen molar-refractivity contribution in [3.05, 3.63) is 0 Å². The van der Waals surface area contributed by atoms with E-state index in [-0.39, 0.29) is 0 Å². The van der Waals surface area contributed by atoms with Crippen molar-refractivity contribution in [2.75, 3.05) is 7.05 Å². The van der Waals surface area contributed by atoms with E-state index < -0.39 is 0 Å². The first kappa shape index (κ1) is 14.4. The van der Waals surface area contributed by atoms with E-state index in [1.165, 1.54) is 51.4 Å². The molecule has 0 spiro atoms. The number of nitrogens with one attached hydrogen (secondary N) is 1. The number of rotatable bonds is 5. The maximum Gasteiger partial charge on any atom is 0.00924 e. The van der Waals surface area contributed by atoms with Crippen LogP contribution < -0.4 is 5.32 Å². The van der Waals surface area contributed by atoms with E-state index in [4.69, 9.17) is 0 Å². The fraction of sp³-hybridized carbons (Fsp3) is 1.00. The van der Waals surface area contributed by atoms with Crippen molar-refractivity contribution in [1.29, 1.82) is 0 Å². The third kappa shape index (κ3) is 3.98. The van der Waals surface area contributed by atoms with Gasteiger partial charge in [-0.1, -0.05) is 33.6 Å². The van der Waals surface area contributed by atoms with Crippen molar-refractivity contribution >= 4 is 0 Å². The lowest BCUT2D eigenvalue weighted by atomic mass is 9.68. The minimum absolute atomic E-state index is 0.522. The van der Waals surface area contributed by atoms with E-state index in [9.17, 15) is 0 Å². The second-order valence-corrected chi connectivity index (χ2v) is 7.89. The lowest BCUT2D eigenvalue weighted by molar-refractivity contribution is 0.131. The summed E-state index contributed by atoms with van der Waals surface area (Å²) in [6.07, 6.45) is 11.7. The number of hydrogen-bond acceptors (Lipinski definition) is 1. The summed E-state index contributed by atoms with van der Waals surface area (Å²) in [5.74, 6) is 2.99. The van der Waals surface area contributed by atoms with Crippen molar-refractivity contribution in [2.24, 2.45) is 23.2 Å². The number of hydrogen-bond donors (Lipinski definition) is 1. The van der Waals surface area contributed by atoms with Crippen LogP contribution in [0.3, 0.4) is 0 Å². The van der Waals surface area contributed by atoms with Crippen LogP contribution in [0.4, 0.5) is 0 Å². The Morgan fingerprint density at radius 2 is 1.61 bits per heavy atom. The van der Waals surface area contributed by atoms with Gasteiger partial charge in [0.2, 0.25) is 0 Å². The largest absolute Gasteiger partial charge is 0.317 e. The molecule has 2 aliphatic rings. The maximum atomic E-state index is 3.61. The molecular formula is C17H33N. The molecule has 0 aromatic heterocycles. The Morgan fingerprint density at radius 1 is 1.00 bits per heavy atom. The fourth-order valence-electron chi connectivity index (χ4n) is 3.83. The molecule has 0 aromatic rings. The summed E-state index contributed by atoms with van der Waals surface area (Å²) < 4.78 is 0. The predicted octanol–water partition coefficient (Wildman–Crippen LogP) is 4.62. The van der Waals surface area contributed by atoms with Crippen molar-refractivity contribution in [2.45, 2.75) is 78.2 Å². The Labute approximate surface area is 114 Å². The smallest absolute Gasteiger partial charge is 0.00924 e. The third-order valence-electron chi connectivity index (χ3n) is 5.52. The van der Waals surface area contributed by atoms with E-state index in [1.807, 2.05) is 0 Å². The zero-order valence-corrected chi connectivity index (χ0v) is 13.0. The average molecular weight is 251 g/mol. The summed E-state index contributed by atoms with van der Waals surface area (Å²) in [4.78, 5) is 0. The van der Waals surface area contributed by atoms with Gasteiger partial charge in [-0.15, -0.1) is 0 Å². The quantitative estimate of drug-likeness (QED) is 0.752. The summed E-state index contributed by atoms with van der Waals surface area (Å²) >= 11 is 0. The molecule has 1 atom stereocenters. The highest BCUT2D eigenvalue weighted by molar-refractivity contribution is 4.86. The lowest BCUT2D eigenvalue weighted by Crippen LogP contribution is -2.37. The standard InChI is InChI=1S/C17H33N/c1-17(2,3)15-10-8-14(9-11-15)16(18-4)12-7-13-5-6-13/h13-16,18H,5-12H2,1-4H3. The van der Waals surface area contributed by atoms with Crippen LogP contribution in [-0.4, -0.2) is 13.1 Å². The highest BCUT2D eigenvalue weighted by atomic mass is 14.9. The van der Waals surface area contributed by atoms with Crippen LogP contribution in [0.5, 0.6) is 0 Å². The molecule has 0 aromatic carbocycles. The molecule has 2 fully saturated rings. The van der Waals surface area contributed by atoms with Crippen molar-refractivity contribution in [3.63, 3.8) is 0 Å². The molecule has 2 aliphatic carbocycles. The van der Waals surface area contributed by atoms with Crippen molar-refractivity contribution < 1.29 is 0 Å². The van der Waals surface area contributed by atoms with Crippen LogP contribution in [0.15, 0.2) is 0 Å². The lowest BCUT2D eigenvalue weighted by Gasteiger charge is -2.39. The Bertz CT molecular complexity index is 241. The third-order valence-corrected chi connectivity index (χ3v) is 5.52. The Kier molecular flexibility index (Phi) is 4.75. The summed E-state index contributed by atoms with van der Waals surface area (Å²) in [6, 6.07) is 0.798. The van der Waals surface area contributed by atoms with Gasteiger partial charge in [-0.2, -0.15) is 0 Å². The molecule has 0 amide bonds. The maximum absolute atomic E-state index is 3.61. The molecular weight excluding hydrogens is 218 g/mol. The molecule has 0 heterocycles. The Hall–Kier alpha value is -0.0400. The van der Waals surface area contributed by atoms with Gasteiger partial charge in [0, 0.05) is 6.04 Å². The van der Waals surface area contributed by atoms with Crippen LogP contribution in [0, 0.1) is 23.2 Å². The van der Waals surface area contributed by atoms with Gasteiger partial charge in [-0.3, -0.25) is 0 Å². The van der Waals surface area contributed by atoms with Gasteiger partial charge < -0.3 is 5.32 Å². The molecule has 1 nitrogen and oxygen atoms in total. The molecule has 0 bridgehead atoms. The van der Waals surface area contributed by atoms with E-state index in [0.29, 0.717) is 5.41 Å². The fourth-order valence-corrected chi connectivity index (χ4v) is 3.83. The van der Waals surface area contributed by atoms with Gasteiger partial charge in [0.1, 0.15) is 0 Å². The highest BCUT2D eigenvalue weighted by Gasteiger charge is 2.33. The monoisotopic (exact) mass is 251 g/mol. The molecule has 106 valence electrons. The van der Waals surface area contributed by atoms with Crippen LogP contribution >= 0.6 is 0 Å². The summed E-state index contributed by atoms with van der Waals surface area (Å²) in [7, 11) is 2.17. The van der Waals surface area contributed by atoms with E-state index in [2.05, 4.69) is 33.1 Å². The van der Waals surface area contributed by atoms with Gasteiger partial charge in [0.05, 0.1) is 0 Å². The Morgan fingerprint density at radius 3 is 2.06 bits per heavy atom. The molecule has 0 radical (unpaired) electrons. The first-order valence-electron chi connectivity index (χ1n) is 8.18. The van der Waals surface area contributed by atoms with Crippen LogP contribution in [0.2, 0.25) is 0 Å². The zero-order chi connectivity index (χ0) is 13.2. The first-order chi connectivity index (χ1) is 8.50. The van der Waals surface area contributed by atoms with Crippen LogP contribution in [0.25, 0.3) is 0 Å². The molecule has 18 heavy (non-hydrogen) atoms. The topological polar surface area (TPSA) is 12.0 Å². The zero-order valence-electron chi connectivity index (χ0n) is 13.0. The molecule has 0 saturated heterocycles. The van der Waals surface area contributed by atoms with Gasteiger partial charge >= 0.3 is 0 Å². The molecule has 2 saturated carbocycles. The Balaban J connectivity index is 1.75. The van der Waals surface area contributed by atoms with E-state index in [1.54, 1.807) is 0 Å². The second kappa shape index (κ2) is 5.94. The van der Waals surface area contributed by atoms with Crippen molar-refractivity contribution in [1.82, 2.24) is 5.32 Å². The first-order valence-corrected chi connectivity index (χ1v) is 8.18. The minimum Gasteiger partial charge on any atom is -0.317 e. The van der Waals surface area contributed by atoms with Gasteiger partial charge in [0.25, 0.3) is 0 Å². The van der Waals surface area contributed by atoms with E-state index in [0.717, 1.165) is 23.8 Å². The normalized spacial score (nSPS) is 31.3. The van der Waals surface area contributed by atoms with Gasteiger partial charge in [0.15, 0.2) is 0 Å². The highest BCUT2D eigenvalue weighted by Crippen LogP contribution is 2.42. The molecule has 1 N–H and O–H groups in total. The summed E-state index contributed by atoms with van der Waals surface area (Å²) in [5, 5.41) is 3.61. The molecule has 1 heteroatoms. The predicted molar refractivity (Wildman–Crippen MR) is 79.7 cm³/mol. The molecule has 0 aliphatic heterocycles. The van der Waals surface area contributed by atoms with Gasteiger partial charge in [-0.25, -0.2) is 0 Å². The molecule has 2 rings (SSSR count). The van der Waals surface area contributed by atoms with Gasteiger partial charge in [-0.05, 0) is 68.7 Å².